The molecular weight excluding hydrogens is 456 g/mol. The van der Waals surface area contributed by atoms with E-state index in [4.69, 9.17) is 0 Å². The number of aromatic nitrogens is 2. The van der Waals surface area contributed by atoms with E-state index in [1.54, 1.807) is 30.3 Å². The highest BCUT2D eigenvalue weighted by atomic mass is 32.2. The number of alkyl halides is 6. The van der Waals surface area contributed by atoms with Gasteiger partial charge in [-0.15, -0.1) is 0 Å². The van der Waals surface area contributed by atoms with E-state index in [9.17, 15) is 31.1 Å². The molecule has 0 saturated heterocycles. The van der Waals surface area contributed by atoms with E-state index in [0.29, 0.717) is 17.3 Å². The van der Waals surface area contributed by atoms with Crippen molar-refractivity contribution in [2.24, 2.45) is 0 Å². The number of rotatable bonds is 5. The molecule has 0 aliphatic rings. The van der Waals surface area contributed by atoms with Crippen LogP contribution in [0.5, 0.6) is 0 Å². The Balaban J connectivity index is 1.82. The van der Waals surface area contributed by atoms with E-state index in [0.717, 1.165) is 24.3 Å². The van der Waals surface area contributed by atoms with Gasteiger partial charge in [0.05, 0.1) is 16.5 Å². The van der Waals surface area contributed by atoms with Crippen LogP contribution in [0.25, 0.3) is 11.3 Å². The van der Waals surface area contributed by atoms with Crippen molar-refractivity contribution >= 4 is 23.4 Å². The first-order valence-corrected chi connectivity index (χ1v) is 9.98. The second-order valence-electron chi connectivity index (χ2n) is 6.61. The molecule has 1 aromatic heterocycles. The van der Waals surface area contributed by atoms with Gasteiger partial charge in [0.1, 0.15) is 5.69 Å². The molecule has 1 heterocycles. The van der Waals surface area contributed by atoms with Crippen molar-refractivity contribution in [3.8, 4) is 11.3 Å². The predicted molar refractivity (Wildman–Crippen MR) is 108 cm³/mol. The van der Waals surface area contributed by atoms with E-state index >= 15 is 0 Å². The van der Waals surface area contributed by atoms with Crippen LogP contribution in [-0.2, 0) is 17.1 Å². The van der Waals surface area contributed by atoms with E-state index in [-0.39, 0.29) is 16.5 Å². The average molecular weight is 471 g/mol. The number of nitrogens with one attached hydrogen (secondary N) is 1. The van der Waals surface area contributed by atoms with Gasteiger partial charge >= 0.3 is 12.4 Å². The van der Waals surface area contributed by atoms with Crippen LogP contribution in [0.3, 0.4) is 0 Å². The number of hydrogen-bond acceptors (Lipinski definition) is 4. The molecular formula is C21H15F6N3OS. The Bertz CT molecular complexity index is 1100. The molecule has 0 radical (unpaired) electrons. The van der Waals surface area contributed by atoms with Gasteiger partial charge < -0.3 is 5.32 Å². The normalized spacial score (nSPS) is 13.0. The lowest BCUT2D eigenvalue weighted by atomic mass is 10.1. The Morgan fingerprint density at radius 2 is 1.59 bits per heavy atom. The number of nitrogens with zero attached hydrogens (tertiary/aromatic N) is 2. The lowest BCUT2D eigenvalue weighted by molar-refractivity contribution is -0.141. The molecule has 0 bridgehead atoms. The Morgan fingerprint density at radius 3 is 2.22 bits per heavy atom. The fourth-order valence-electron chi connectivity index (χ4n) is 2.61. The van der Waals surface area contributed by atoms with Gasteiger partial charge in [0, 0.05) is 11.3 Å². The highest BCUT2D eigenvalue weighted by molar-refractivity contribution is 8.00. The summed E-state index contributed by atoms with van der Waals surface area (Å²) >= 11 is 0.663. The van der Waals surface area contributed by atoms with Crippen molar-refractivity contribution in [2.75, 3.05) is 5.32 Å². The summed E-state index contributed by atoms with van der Waals surface area (Å²) in [5, 5.41) is 1.05. The molecule has 32 heavy (non-hydrogen) atoms. The Kier molecular flexibility index (Phi) is 6.77. The largest absolute Gasteiger partial charge is 0.433 e. The summed E-state index contributed by atoms with van der Waals surface area (Å²) in [6, 6.07) is 13.0. The van der Waals surface area contributed by atoms with Crippen LogP contribution in [0.2, 0.25) is 0 Å². The zero-order valence-electron chi connectivity index (χ0n) is 16.3. The van der Waals surface area contributed by atoms with Gasteiger partial charge in [-0.25, -0.2) is 9.97 Å². The summed E-state index contributed by atoms with van der Waals surface area (Å²) in [5.74, 6) is -0.711. The molecule has 0 aliphatic heterocycles. The number of thioether (sulfide) groups is 1. The maximum Gasteiger partial charge on any atom is 0.433 e. The number of amides is 1. The highest BCUT2D eigenvalue weighted by Gasteiger charge is 2.34. The van der Waals surface area contributed by atoms with Crippen molar-refractivity contribution in [2.45, 2.75) is 29.7 Å². The Labute approximate surface area is 183 Å². The van der Waals surface area contributed by atoms with E-state index in [2.05, 4.69) is 15.3 Å². The first-order chi connectivity index (χ1) is 14.9. The van der Waals surface area contributed by atoms with Gasteiger partial charge in [0.25, 0.3) is 0 Å². The topological polar surface area (TPSA) is 54.9 Å². The molecule has 4 nitrogen and oxygen atoms in total. The molecule has 0 saturated carbocycles. The molecule has 3 aromatic rings. The highest BCUT2D eigenvalue weighted by Crippen LogP contribution is 2.33. The van der Waals surface area contributed by atoms with Gasteiger partial charge in [0.2, 0.25) is 5.91 Å². The van der Waals surface area contributed by atoms with Crippen LogP contribution in [0.4, 0.5) is 32.0 Å². The zero-order valence-corrected chi connectivity index (χ0v) is 17.1. The van der Waals surface area contributed by atoms with Crippen molar-refractivity contribution in [3.05, 3.63) is 71.9 Å². The monoisotopic (exact) mass is 471 g/mol. The lowest BCUT2D eigenvalue weighted by Gasteiger charge is -2.14. The smallest absolute Gasteiger partial charge is 0.325 e. The first-order valence-electron chi connectivity index (χ1n) is 9.10. The van der Waals surface area contributed by atoms with Crippen LogP contribution in [0, 0.1) is 0 Å². The minimum atomic E-state index is -4.73. The number of anilines is 1. The third kappa shape index (κ3) is 6.00. The second kappa shape index (κ2) is 9.19. The van der Waals surface area contributed by atoms with Gasteiger partial charge in [-0.05, 0) is 31.2 Å². The Morgan fingerprint density at radius 1 is 0.906 bits per heavy atom. The molecule has 1 atom stereocenters. The molecule has 2 aromatic carbocycles. The molecule has 11 heteroatoms. The van der Waals surface area contributed by atoms with E-state index < -0.39 is 34.8 Å². The molecule has 0 unspecified atom stereocenters. The molecule has 1 N–H and O–H groups in total. The molecule has 0 aliphatic carbocycles. The zero-order chi connectivity index (χ0) is 23.5. The summed E-state index contributed by atoms with van der Waals surface area (Å²) in [6.07, 6.45) is -9.31. The maximum absolute atomic E-state index is 13.3. The summed E-state index contributed by atoms with van der Waals surface area (Å²) in [7, 11) is 0. The van der Waals surface area contributed by atoms with Crippen molar-refractivity contribution in [3.63, 3.8) is 0 Å². The van der Waals surface area contributed by atoms with Crippen LogP contribution in [-0.4, -0.2) is 21.1 Å². The summed E-state index contributed by atoms with van der Waals surface area (Å²) in [4.78, 5) is 20.0. The third-order valence-electron chi connectivity index (χ3n) is 4.17. The molecule has 0 fully saturated rings. The average Bonchev–Trinajstić information content (AvgIpc) is 2.73. The van der Waals surface area contributed by atoms with Crippen molar-refractivity contribution in [1.82, 2.24) is 9.97 Å². The fraction of sp³-hybridized carbons (Fsp3) is 0.190. The molecule has 1 amide bonds. The third-order valence-corrected chi connectivity index (χ3v) is 5.14. The van der Waals surface area contributed by atoms with Crippen LogP contribution >= 0.6 is 11.8 Å². The molecule has 0 spiro atoms. The van der Waals surface area contributed by atoms with E-state index in [1.165, 1.54) is 13.0 Å². The van der Waals surface area contributed by atoms with Crippen molar-refractivity contribution < 1.29 is 31.1 Å². The number of carbonyl (C=O) groups excluding carboxylic acids is 1. The minimum Gasteiger partial charge on any atom is -0.325 e. The van der Waals surface area contributed by atoms with Gasteiger partial charge in [-0.1, -0.05) is 48.2 Å². The number of hydrogen-bond donors (Lipinski definition) is 1. The first kappa shape index (κ1) is 23.6. The van der Waals surface area contributed by atoms with Gasteiger partial charge in [0.15, 0.2) is 5.16 Å². The van der Waals surface area contributed by atoms with Crippen LogP contribution in [0.15, 0.2) is 65.8 Å². The SMILES string of the molecule is C[C@H](Sc1nc(-c2ccccc2)cc(C(F)(F)F)n1)C(=O)Nc1cccc(C(F)(F)F)c1. The number of halogens is 6. The summed E-state index contributed by atoms with van der Waals surface area (Å²) < 4.78 is 78.4. The van der Waals surface area contributed by atoms with Gasteiger partial charge in [-0.2, -0.15) is 26.3 Å². The maximum atomic E-state index is 13.3. The van der Waals surface area contributed by atoms with Gasteiger partial charge in [-0.3, -0.25) is 4.79 Å². The quantitative estimate of drug-likeness (QED) is 0.270. The summed E-state index contributed by atoms with van der Waals surface area (Å²) in [5.41, 5.74) is -1.74. The number of carbonyl (C=O) groups is 1. The molecule has 168 valence electrons. The minimum absolute atomic E-state index is 0.0286. The second-order valence-corrected chi connectivity index (χ2v) is 7.92. The van der Waals surface area contributed by atoms with Crippen LogP contribution in [0.1, 0.15) is 18.2 Å². The predicted octanol–water partition coefficient (Wildman–Crippen LogP) is 6.30. The Hall–Kier alpha value is -3.08. The van der Waals surface area contributed by atoms with E-state index in [1.807, 2.05) is 0 Å². The standard InChI is InChI=1S/C21H15F6N3OS/c1-12(18(31)28-15-9-5-8-14(10-15)20(22,23)24)32-19-29-16(13-6-3-2-4-7-13)11-17(30-19)21(25,26)27/h2-12H,1H3,(H,28,31)/t12-/m0/s1. The number of benzene rings is 2. The van der Waals surface area contributed by atoms with Crippen molar-refractivity contribution in [1.29, 1.82) is 0 Å². The lowest BCUT2D eigenvalue weighted by Crippen LogP contribution is -2.23. The summed E-state index contributed by atoms with van der Waals surface area (Å²) in [6.45, 7) is 1.39. The fourth-order valence-corrected chi connectivity index (χ4v) is 3.39. The van der Waals surface area contributed by atoms with Crippen LogP contribution < -0.4 is 5.32 Å². The molecule has 3 rings (SSSR count).